The molecule has 1 atom stereocenters. The van der Waals surface area contributed by atoms with Crippen molar-refractivity contribution in [3.8, 4) is 0 Å². The first-order chi connectivity index (χ1) is 9.77. The standard InChI is InChI=1S/C16H24N2O3/c1-5-12(10-19)17-14(20)15(21)18-13-8-6-11(7-9-13)16(2,3)4/h6-9,12,19H,5,10H2,1-4H3,(H,17,20)(H,18,21). The molecule has 1 rings (SSSR count). The van der Waals surface area contributed by atoms with Crippen LogP contribution in [0.1, 0.15) is 39.7 Å². The molecule has 3 N–H and O–H groups in total. The van der Waals surface area contributed by atoms with E-state index in [0.717, 1.165) is 5.56 Å². The van der Waals surface area contributed by atoms with E-state index in [1.165, 1.54) is 0 Å². The summed E-state index contributed by atoms with van der Waals surface area (Å²) in [5.74, 6) is -1.47. The SMILES string of the molecule is CCC(CO)NC(=O)C(=O)Nc1ccc(C(C)(C)C)cc1. The van der Waals surface area contributed by atoms with Gasteiger partial charge in [0.15, 0.2) is 0 Å². The minimum atomic E-state index is -0.740. The van der Waals surface area contributed by atoms with E-state index in [-0.39, 0.29) is 12.0 Å². The molecule has 1 aromatic rings. The zero-order valence-electron chi connectivity index (χ0n) is 13.1. The van der Waals surface area contributed by atoms with Crippen molar-refractivity contribution in [2.45, 2.75) is 45.6 Å². The second-order valence-electron chi connectivity index (χ2n) is 6.04. The van der Waals surface area contributed by atoms with Gasteiger partial charge in [-0.15, -0.1) is 0 Å². The van der Waals surface area contributed by atoms with Crippen LogP contribution in [0.3, 0.4) is 0 Å². The molecule has 0 aliphatic heterocycles. The quantitative estimate of drug-likeness (QED) is 0.741. The van der Waals surface area contributed by atoms with Gasteiger partial charge in [-0.05, 0) is 29.5 Å². The lowest BCUT2D eigenvalue weighted by Crippen LogP contribution is -2.43. The Hall–Kier alpha value is -1.88. The van der Waals surface area contributed by atoms with Crippen LogP contribution in [0.4, 0.5) is 5.69 Å². The van der Waals surface area contributed by atoms with Gasteiger partial charge < -0.3 is 15.7 Å². The highest BCUT2D eigenvalue weighted by molar-refractivity contribution is 6.39. The van der Waals surface area contributed by atoms with Crippen molar-refractivity contribution in [1.82, 2.24) is 5.32 Å². The summed E-state index contributed by atoms with van der Waals surface area (Å²) in [5.41, 5.74) is 1.76. The topological polar surface area (TPSA) is 78.4 Å². The zero-order chi connectivity index (χ0) is 16.0. The molecule has 0 aliphatic carbocycles. The molecule has 1 unspecified atom stereocenters. The Bertz CT molecular complexity index is 485. The Kier molecular flexibility index (Phi) is 5.90. The normalized spacial score (nSPS) is 12.6. The van der Waals surface area contributed by atoms with Crippen LogP contribution in [0.25, 0.3) is 0 Å². The second kappa shape index (κ2) is 7.22. The van der Waals surface area contributed by atoms with E-state index in [0.29, 0.717) is 12.1 Å². The number of hydrogen-bond donors (Lipinski definition) is 3. The van der Waals surface area contributed by atoms with E-state index >= 15 is 0 Å². The number of hydrogen-bond acceptors (Lipinski definition) is 3. The van der Waals surface area contributed by atoms with Crippen LogP contribution in [0, 0.1) is 0 Å². The van der Waals surface area contributed by atoms with Gasteiger partial charge in [-0.25, -0.2) is 0 Å². The highest BCUT2D eigenvalue weighted by Gasteiger charge is 2.18. The number of carbonyl (C=O) groups is 2. The molecule has 0 fully saturated rings. The molecule has 5 heteroatoms. The van der Waals surface area contributed by atoms with E-state index in [1.807, 2.05) is 19.1 Å². The van der Waals surface area contributed by atoms with Crippen molar-refractivity contribution in [3.63, 3.8) is 0 Å². The van der Waals surface area contributed by atoms with Crippen LogP contribution in [0.15, 0.2) is 24.3 Å². The molecular weight excluding hydrogens is 268 g/mol. The fraction of sp³-hybridized carbons (Fsp3) is 0.500. The van der Waals surface area contributed by atoms with E-state index < -0.39 is 17.9 Å². The van der Waals surface area contributed by atoms with Crippen molar-refractivity contribution in [2.75, 3.05) is 11.9 Å². The largest absolute Gasteiger partial charge is 0.394 e. The smallest absolute Gasteiger partial charge is 0.313 e. The third-order valence-electron chi connectivity index (χ3n) is 3.26. The molecule has 5 nitrogen and oxygen atoms in total. The molecule has 0 aliphatic rings. The molecule has 0 aromatic heterocycles. The molecule has 0 spiro atoms. The zero-order valence-corrected chi connectivity index (χ0v) is 13.1. The monoisotopic (exact) mass is 292 g/mol. The van der Waals surface area contributed by atoms with Gasteiger partial charge in [-0.3, -0.25) is 9.59 Å². The Morgan fingerprint density at radius 3 is 2.14 bits per heavy atom. The fourth-order valence-electron chi connectivity index (χ4n) is 1.77. The van der Waals surface area contributed by atoms with Crippen LogP contribution in [-0.2, 0) is 15.0 Å². The fourth-order valence-corrected chi connectivity index (χ4v) is 1.77. The van der Waals surface area contributed by atoms with Crippen LogP contribution >= 0.6 is 0 Å². The maximum atomic E-state index is 11.8. The molecule has 0 heterocycles. The van der Waals surface area contributed by atoms with Crippen molar-refractivity contribution < 1.29 is 14.7 Å². The summed E-state index contributed by atoms with van der Waals surface area (Å²) in [7, 11) is 0. The maximum Gasteiger partial charge on any atom is 0.313 e. The van der Waals surface area contributed by atoms with Crippen molar-refractivity contribution in [1.29, 1.82) is 0 Å². The molecule has 0 radical (unpaired) electrons. The summed E-state index contributed by atoms with van der Waals surface area (Å²) in [6, 6.07) is 7.00. The predicted octanol–water partition coefficient (Wildman–Crippen LogP) is 1.81. The van der Waals surface area contributed by atoms with E-state index in [1.54, 1.807) is 12.1 Å². The predicted molar refractivity (Wildman–Crippen MR) is 83.1 cm³/mol. The number of rotatable bonds is 4. The average Bonchev–Trinajstić information content (AvgIpc) is 2.44. The minimum Gasteiger partial charge on any atom is -0.394 e. The molecule has 1 aromatic carbocycles. The van der Waals surface area contributed by atoms with E-state index in [2.05, 4.69) is 31.4 Å². The summed E-state index contributed by atoms with van der Waals surface area (Å²) in [6.45, 7) is 7.95. The first kappa shape index (κ1) is 17.2. The first-order valence-electron chi connectivity index (χ1n) is 7.11. The lowest BCUT2D eigenvalue weighted by Gasteiger charge is -2.19. The van der Waals surface area contributed by atoms with Gasteiger partial charge in [0, 0.05) is 5.69 Å². The van der Waals surface area contributed by atoms with Crippen LogP contribution < -0.4 is 10.6 Å². The van der Waals surface area contributed by atoms with Gasteiger partial charge in [0.2, 0.25) is 0 Å². The van der Waals surface area contributed by atoms with Gasteiger partial charge in [0.1, 0.15) is 0 Å². The molecule has 0 bridgehead atoms. The number of aliphatic hydroxyl groups is 1. The molecule has 0 saturated heterocycles. The van der Waals surface area contributed by atoms with Gasteiger partial charge in [-0.1, -0.05) is 39.8 Å². The Balaban J connectivity index is 2.64. The lowest BCUT2D eigenvalue weighted by atomic mass is 9.87. The van der Waals surface area contributed by atoms with Crippen molar-refractivity contribution >= 4 is 17.5 Å². The van der Waals surface area contributed by atoms with Crippen LogP contribution in [0.2, 0.25) is 0 Å². The molecule has 2 amide bonds. The molecular formula is C16H24N2O3. The highest BCUT2D eigenvalue weighted by atomic mass is 16.3. The van der Waals surface area contributed by atoms with Crippen LogP contribution in [0.5, 0.6) is 0 Å². The Morgan fingerprint density at radius 2 is 1.71 bits per heavy atom. The third kappa shape index (κ3) is 5.19. The lowest BCUT2D eigenvalue weighted by molar-refractivity contribution is -0.136. The number of nitrogens with one attached hydrogen (secondary N) is 2. The molecule has 116 valence electrons. The number of amides is 2. The third-order valence-corrected chi connectivity index (χ3v) is 3.26. The number of benzene rings is 1. The van der Waals surface area contributed by atoms with Crippen LogP contribution in [-0.4, -0.2) is 29.6 Å². The maximum absolute atomic E-state index is 11.8. The van der Waals surface area contributed by atoms with Gasteiger partial charge >= 0.3 is 11.8 Å². The van der Waals surface area contributed by atoms with Gasteiger partial charge in [-0.2, -0.15) is 0 Å². The number of anilines is 1. The van der Waals surface area contributed by atoms with Gasteiger partial charge in [0.25, 0.3) is 0 Å². The van der Waals surface area contributed by atoms with E-state index in [4.69, 9.17) is 5.11 Å². The number of carbonyl (C=O) groups excluding carboxylic acids is 2. The second-order valence-corrected chi connectivity index (χ2v) is 6.04. The highest BCUT2D eigenvalue weighted by Crippen LogP contribution is 2.23. The minimum absolute atomic E-state index is 0.0371. The summed E-state index contributed by atoms with van der Waals surface area (Å²) in [4.78, 5) is 23.4. The average molecular weight is 292 g/mol. The summed E-state index contributed by atoms with van der Waals surface area (Å²) in [5, 5.41) is 14.0. The first-order valence-corrected chi connectivity index (χ1v) is 7.11. The Labute approximate surface area is 125 Å². The summed E-state index contributed by atoms with van der Waals surface area (Å²) in [6.07, 6.45) is 0.565. The van der Waals surface area contributed by atoms with Gasteiger partial charge in [0.05, 0.1) is 12.6 Å². The molecule has 21 heavy (non-hydrogen) atoms. The molecule has 0 saturated carbocycles. The summed E-state index contributed by atoms with van der Waals surface area (Å²) < 4.78 is 0. The Morgan fingerprint density at radius 1 is 1.14 bits per heavy atom. The number of aliphatic hydroxyl groups excluding tert-OH is 1. The van der Waals surface area contributed by atoms with E-state index in [9.17, 15) is 9.59 Å². The summed E-state index contributed by atoms with van der Waals surface area (Å²) >= 11 is 0. The van der Waals surface area contributed by atoms with Crippen molar-refractivity contribution in [3.05, 3.63) is 29.8 Å². The van der Waals surface area contributed by atoms with Crippen molar-refractivity contribution in [2.24, 2.45) is 0 Å².